The lowest BCUT2D eigenvalue weighted by molar-refractivity contribution is -0.133. The minimum absolute atomic E-state index is 0. The van der Waals surface area contributed by atoms with Crippen LogP contribution in [-0.4, -0.2) is 23.9 Å². The van der Waals surface area contributed by atoms with E-state index in [0.717, 1.165) is 12.8 Å². The SMILES string of the molecule is C.C.C.CCC(C)NC(=O)C(C)CC(C)(CC)C(=O)NC(C)C. The number of carbonyl (C=O) groups excluding carboxylic acids is 2. The molecule has 3 unspecified atom stereocenters. The summed E-state index contributed by atoms with van der Waals surface area (Å²) in [5.41, 5.74) is -0.490. The molecule has 0 rings (SSSR count). The summed E-state index contributed by atoms with van der Waals surface area (Å²) in [6, 6.07) is 0.306. The van der Waals surface area contributed by atoms with E-state index in [4.69, 9.17) is 0 Å². The molecule has 0 bridgehead atoms. The molecule has 2 amide bonds. The third-order valence-electron chi connectivity index (χ3n) is 3.95. The van der Waals surface area contributed by atoms with Gasteiger partial charge in [0.15, 0.2) is 0 Å². The van der Waals surface area contributed by atoms with Crippen LogP contribution in [0.4, 0.5) is 0 Å². The van der Waals surface area contributed by atoms with Gasteiger partial charge < -0.3 is 10.6 Å². The van der Waals surface area contributed by atoms with Crippen molar-refractivity contribution in [2.75, 3.05) is 0 Å². The largest absolute Gasteiger partial charge is 0.353 e. The molecule has 0 spiro atoms. The first kappa shape index (κ1) is 29.9. The summed E-state index contributed by atoms with van der Waals surface area (Å²) in [6.45, 7) is 13.8. The number of hydrogen-bond acceptors (Lipinski definition) is 2. The molecule has 0 saturated carbocycles. The highest BCUT2D eigenvalue weighted by molar-refractivity contribution is 5.84. The smallest absolute Gasteiger partial charge is 0.226 e. The maximum Gasteiger partial charge on any atom is 0.226 e. The zero-order chi connectivity index (χ0) is 15.9. The van der Waals surface area contributed by atoms with E-state index < -0.39 is 5.41 Å². The molecule has 0 aliphatic carbocycles. The molecular weight excluding hydrogens is 288 g/mol. The van der Waals surface area contributed by atoms with Crippen LogP contribution >= 0.6 is 0 Å². The maximum absolute atomic E-state index is 12.3. The first-order valence-electron chi connectivity index (χ1n) is 7.77. The summed E-state index contributed by atoms with van der Waals surface area (Å²) in [5, 5.41) is 5.94. The van der Waals surface area contributed by atoms with Gasteiger partial charge in [0.2, 0.25) is 11.8 Å². The first-order valence-corrected chi connectivity index (χ1v) is 7.77. The van der Waals surface area contributed by atoms with Crippen molar-refractivity contribution in [2.45, 2.75) is 102 Å². The molecule has 2 N–H and O–H groups in total. The Labute approximate surface area is 146 Å². The molecule has 0 aromatic carbocycles. The number of amides is 2. The van der Waals surface area contributed by atoms with E-state index in [1.54, 1.807) is 0 Å². The predicted molar refractivity (Wildman–Crippen MR) is 104 cm³/mol. The highest BCUT2D eigenvalue weighted by atomic mass is 16.2. The summed E-state index contributed by atoms with van der Waals surface area (Å²) in [4.78, 5) is 24.4. The van der Waals surface area contributed by atoms with E-state index in [1.807, 2.05) is 48.5 Å². The van der Waals surface area contributed by atoms with Gasteiger partial charge in [0.05, 0.1) is 0 Å². The molecule has 4 heteroatoms. The van der Waals surface area contributed by atoms with Gasteiger partial charge in [-0.05, 0) is 40.0 Å². The van der Waals surface area contributed by atoms with Crippen LogP contribution in [-0.2, 0) is 9.59 Å². The van der Waals surface area contributed by atoms with E-state index in [1.165, 1.54) is 0 Å². The third kappa shape index (κ3) is 10.4. The second kappa shape index (κ2) is 13.4. The molecule has 0 aliphatic heterocycles. The van der Waals surface area contributed by atoms with Crippen LogP contribution in [0.3, 0.4) is 0 Å². The van der Waals surface area contributed by atoms with Crippen LogP contribution in [0.1, 0.15) is 90.0 Å². The van der Waals surface area contributed by atoms with Crippen molar-refractivity contribution < 1.29 is 9.59 Å². The Balaban J connectivity index is -0.000000602. The number of carbonyl (C=O) groups is 2. The van der Waals surface area contributed by atoms with Crippen LogP contribution < -0.4 is 10.6 Å². The van der Waals surface area contributed by atoms with Gasteiger partial charge in [-0.15, -0.1) is 0 Å². The molecule has 23 heavy (non-hydrogen) atoms. The average molecular weight is 333 g/mol. The van der Waals surface area contributed by atoms with E-state index >= 15 is 0 Å². The molecule has 0 aliphatic rings. The minimum Gasteiger partial charge on any atom is -0.353 e. The molecular formula is C19H44N2O2. The fourth-order valence-electron chi connectivity index (χ4n) is 2.09. The second-order valence-corrected chi connectivity index (χ2v) is 6.47. The van der Waals surface area contributed by atoms with Crippen molar-refractivity contribution in [3.8, 4) is 0 Å². The van der Waals surface area contributed by atoms with Crippen molar-refractivity contribution in [3.05, 3.63) is 0 Å². The van der Waals surface area contributed by atoms with Gasteiger partial charge in [-0.1, -0.05) is 50.0 Å². The third-order valence-corrected chi connectivity index (χ3v) is 3.95. The highest BCUT2D eigenvalue weighted by Gasteiger charge is 2.35. The Kier molecular flexibility index (Phi) is 17.4. The Morgan fingerprint density at radius 1 is 0.957 bits per heavy atom. The molecule has 0 heterocycles. The Hall–Kier alpha value is -1.06. The summed E-state index contributed by atoms with van der Waals surface area (Å²) < 4.78 is 0. The topological polar surface area (TPSA) is 58.2 Å². The van der Waals surface area contributed by atoms with Crippen molar-refractivity contribution in [1.29, 1.82) is 0 Å². The average Bonchev–Trinajstić information content (AvgIpc) is 2.37. The maximum atomic E-state index is 12.3. The lowest BCUT2D eigenvalue weighted by Gasteiger charge is -2.30. The Morgan fingerprint density at radius 3 is 1.78 bits per heavy atom. The second-order valence-electron chi connectivity index (χ2n) is 6.47. The normalized spacial score (nSPS) is 15.0. The monoisotopic (exact) mass is 332 g/mol. The van der Waals surface area contributed by atoms with Crippen LogP contribution in [0.2, 0.25) is 0 Å². The molecule has 0 radical (unpaired) electrons. The van der Waals surface area contributed by atoms with Crippen LogP contribution in [0.5, 0.6) is 0 Å². The standard InChI is InChI=1S/C16H32N2O2.3CH4/c1-8-13(6)18-14(19)12(5)10-16(7,9-2)15(20)17-11(3)4;;;/h11-13H,8-10H2,1-7H3,(H,17,20)(H,18,19);3*1H4. The molecule has 3 atom stereocenters. The number of nitrogens with one attached hydrogen (secondary N) is 2. The first-order chi connectivity index (χ1) is 9.16. The quantitative estimate of drug-likeness (QED) is 0.672. The van der Waals surface area contributed by atoms with Gasteiger partial charge in [0, 0.05) is 23.4 Å². The predicted octanol–water partition coefficient (Wildman–Crippen LogP) is 4.78. The van der Waals surface area contributed by atoms with Gasteiger partial charge >= 0.3 is 0 Å². The van der Waals surface area contributed by atoms with E-state index in [0.29, 0.717) is 6.42 Å². The van der Waals surface area contributed by atoms with Crippen molar-refractivity contribution in [2.24, 2.45) is 11.3 Å². The number of hydrogen-bond donors (Lipinski definition) is 2. The van der Waals surface area contributed by atoms with Crippen molar-refractivity contribution in [3.63, 3.8) is 0 Å². The van der Waals surface area contributed by atoms with Crippen LogP contribution in [0.15, 0.2) is 0 Å². The van der Waals surface area contributed by atoms with Gasteiger partial charge in [-0.25, -0.2) is 0 Å². The fourth-order valence-corrected chi connectivity index (χ4v) is 2.09. The van der Waals surface area contributed by atoms with Gasteiger partial charge in [-0.3, -0.25) is 9.59 Å². The minimum atomic E-state index is -0.490. The zero-order valence-corrected chi connectivity index (χ0v) is 14.2. The van der Waals surface area contributed by atoms with Gasteiger partial charge in [-0.2, -0.15) is 0 Å². The Morgan fingerprint density at radius 2 is 1.43 bits per heavy atom. The summed E-state index contributed by atoms with van der Waals surface area (Å²) in [7, 11) is 0. The van der Waals surface area contributed by atoms with Gasteiger partial charge in [0.1, 0.15) is 0 Å². The lowest BCUT2D eigenvalue weighted by atomic mass is 9.78. The fraction of sp³-hybridized carbons (Fsp3) is 0.895. The van der Waals surface area contributed by atoms with Crippen molar-refractivity contribution in [1.82, 2.24) is 10.6 Å². The van der Waals surface area contributed by atoms with Crippen molar-refractivity contribution >= 4 is 11.8 Å². The zero-order valence-electron chi connectivity index (χ0n) is 14.2. The van der Waals surface area contributed by atoms with Crippen LogP contribution in [0, 0.1) is 11.3 Å². The lowest BCUT2D eigenvalue weighted by Crippen LogP contribution is -2.45. The molecule has 0 fully saturated rings. The summed E-state index contributed by atoms with van der Waals surface area (Å²) in [6.07, 6.45) is 2.22. The van der Waals surface area contributed by atoms with E-state index in [2.05, 4.69) is 10.6 Å². The van der Waals surface area contributed by atoms with E-state index in [-0.39, 0.29) is 52.1 Å². The summed E-state index contributed by atoms with van der Waals surface area (Å²) >= 11 is 0. The highest BCUT2D eigenvalue weighted by Crippen LogP contribution is 2.30. The molecule has 0 aromatic heterocycles. The number of rotatable bonds is 8. The van der Waals surface area contributed by atoms with Crippen LogP contribution in [0.25, 0.3) is 0 Å². The molecule has 0 saturated heterocycles. The molecule has 142 valence electrons. The van der Waals surface area contributed by atoms with E-state index in [9.17, 15) is 9.59 Å². The Bertz CT molecular complexity index is 329. The molecule has 4 nitrogen and oxygen atoms in total. The van der Waals surface area contributed by atoms with Gasteiger partial charge in [0.25, 0.3) is 0 Å². The summed E-state index contributed by atoms with van der Waals surface area (Å²) in [5.74, 6) is -0.0820. The molecule has 0 aromatic rings.